The SMILES string of the molecule is O=C1Nc2ccc(S(=O)(=O)Cc3c(Cl)cccc3Cl)cc2C1=Cc1[nH]c2c(c1CCC(=O)N1CCCC1)C(=O)CCC2. The van der Waals surface area contributed by atoms with E-state index in [2.05, 4.69) is 10.3 Å². The Morgan fingerprint density at radius 3 is 2.45 bits per heavy atom. The van der Waals surface area contributed by atoms with Crippen molar-refractivity contribution in [2.24, 2.45) is 0 Å². The van der Waals surface area contributed by atoms with Crippen LogP contribution in [0.15, 0.2) is 41.3 Å². The number of likely N-dealkylation sites (tertiary alicyclic amines) is 1. The van der Waals surface area contributed by atoms with Crippen LogP contribution in [-0.2, 0) is 38.0 Å². The molecule has 2 aliphatic heterocycles. The maximum absolute atomic E-state index is 13.4. The molecule has 1 aliphatic carbocycles. The van der Waals surface area contributed by atoms with Crippen LogP contribution >= 0.6 is 23.2 Å². The van der Waals surface area contributed by atoms with Crippen molar-refractivity contribution in [2.75, 3.05) is 18.4 Å². The number of carbonyl (C=O) groups excluding carboxylic acids is 3. The van der Waals surface area contributed by atoms with Crippen molar-refractivity contribution in [2.45, 2.75) is 55.6 Å². The van der Waals surface area contributed by atoms with Crippen molar-refractivity contribution in [1.82, 2.24) is 9.88 Å². The zero-order valence-electron chi connectivity index (χ0n) is 22.8. The number of nitrogens with one attached hydrogen (secondary N) is 2. The Labute approximate surface area is 254 Å². The largest absolute Gasteiger partial charge is 0.358 e. The third-order valence-electron chi connectivity index (χ3n) is 8.19. The molecule has 2 N–H and O–H groups in total. The molecule has 0 radical (unpaired) electrons. The normalized spacial score (nSPS) is 17.5. The van der Waals surface area contributed by atoms with E-state index >= 15 is 0 Å². The second-order valence-corrected chi connectivity index (χ2v) is 13.7. The summed E-state index contributed by atoms with van der Waals surface area (Å²) in [4.78, 5) is 44.2. The molecule has 3 heterocycles. The maximum atomic E-state index is 13.4. The Morgan fingerprint density at radius 1 is 0.976 bits per heavy atom. The molecule has 6 rings (SSSR count). The zero-order chi connectivity index (χ0) is 29.6. The minimum Gasteiger partial charge on any atom is -0.358 e. The van der Waals surface area contributed by atoms with Crippen LogP contribution in [0.3, 0.4) is 0 Å². The Bertz CT molecular complexity index is 1750. The van der Waals surface area contributed by atoms with Gasteiger partial charge in [0.25, 0.3) is 5.91 Å². The van der Waals surface area contributed by atoms with Crippen LogP contribution in [0, 0.1) is 0 Å². The van der Waals surface area contributed by atoms with Gasteiger partial charge < -0.3 is 15.2 Å². The smallest absolute Gasteiger partial charge is 0.256 e. The van der Waals surface area contributed by atoms with Gasteiger partial charge in [-0.15, -0.1) is 0 Å². The van der Waals surface area contributed by atoms with Gasteiger partial charge in [-0.05, 0) is 74.1 Å². The molecule has 218 valence electrons. The number of carbonyl (C=O) groups is 3. The van der Waals surface area contributed by atoms with E-state index < -0.39 is 15.6 Å². The molecule has 42 heavy (non-hydrogen) atoms. The fourth-order valence-electron chi connectivity index (χ4n) is 6.02. The fourth-order valence-corrected chi connectivity index (χ4v) is 8.14. The number of ketones is 1. The van der Waals surface area contributed by atoms with Crippen LogP contribution in [-0.4, -0.2) is 49.0 Å². The van der Waals surface area contributed by atoms with Gasteiger partial charge >= 0.3 is 0 Å². The fraction of sp³-hybridized carbons (Fsp3) is 0.323. The predicted molar refractivity (Wildman–Crippen MR) is 162 cm³/mol. The maximum Gasteiger partial charge on any atom is 0.256 e. The summed E-state index contributed by atoms with van der Waals surface area (Å²) >= 11 is 12.5. The number of fused-ring (bicyclic) bond motifs is 2. The first-order chi connectivity index (χ1) is 20.1. The van der Waals surface area contributed by atoms with Gasteiger partial charge in [-0.2, -0.15) is 0 Å². The molecule has 0 saturated carbocycles. The molecule has 0 bridgehead atoms. The molecular weight excluding hydrogens is 597 g/mol. The second-order valence-electron chi connectivity index (χ2n) is 10.9. The molecule has 1 saturated heterocycles. The first-order valence-corrected chi connectivity index (χ1v) is 16.4. The number of Topliss-reactive ketones (excluding diaryl/α,β-unsaturated/α-hetero) is 1. The first kappa shape index (κ1) is 28.7. The van der Waals surface area contributed by atoms with Gasteiger partial charge in [0.15, 0.2) is 15.6 Å². The van der Waals surface area contributed by atoms with Gasteiger partial charge in [0.2, 0.25) is 5.91 Å². The quantitative estimate of drug-likeness (QED) is 0.319. The highest BCUT2D eigenvalue weighted by Crippen LogP contribution is 2.38. The average molecular weight is 627 g/mol. The zero-order valence-corrected chi connectivity index (χ0v) is 25.1. The van der Waals surface area contributed by atoms with Crippen LogP contribution in [0.4, 0.5) is 5.69 Å². The second kappa shape index (κ2) is 11.4. The van der Waals surface area contributed by atoms with E-state index in [0.717, 1.165) is 43.6 Å². The number of benzene rings is 2. The average Bonchev–Trinajstić information content (AvgIpc) is 3.68. The first-order valence-electron chi connectivity index (χ1n) is 14.0. The lowest BCUT2D eigenvalue weighted by atomic mass is 9.91. The molecule has 0 unspecified atom stereocenters. The van der Waals surface area contributed by atoms with E-state index in [1.165, 1.54) is 12.1 Å². The lowest BCUT2D eigenvalue weighted by Gasteiger charge is -2.16. The molecule has 8 nitrogen and oxygen atoms in total. The van der Waals surface area contributed by atoms with E-state index in [1.807, 2.05) is 4.90 Å². The Hall–Kier alpha value is -3.40. The van der Waals surface area contributed by atoms with Crippen molar-refractivity contribution in [1.29, 1.82) is 0 Å². The van der Waals surface area contributed by atoms with E-state index in [9.17, 15) is 22.8 Å². The number of halogens is 2. The molecule has 11 heteroatoms. The highest BCUT2D eigenvalue weighted by atomic mass is 35.5. The van der Waals surface area contributed by atoms with E-state index in [0.29, 0.717) is 47.3 Å². The standard InChI is InChI=1S/C31H29Cl2N3O5S/c32-23-5-3-6-24(33)22(23)17-42(40,41)18-9-11-25-20(15-18)21(31(39)35-25)16-27-19(10-12-29(38)36-13-1-2-14-36)30-26(34-27)7-4-8-28(30)37/h3,5-6,9,11,15-16,34H,1-2,4,7-8,10,12-14,17H2,(H,35,39). The van der Waals surface area contributed by atoms with Crippen molar-refractivity contribution in [3.63, 3.8) is 0 Å². The Kier molecular flexibility index (Phi) is 7.76. The molecule has 3 aliphatic rings. The monoisotopic (exact) mass is 625 g/mol. The van der Waals surface area contributed by atoms with Gasteiger partial charge in [0.05, 0.1) is 16.2 Å². The van der Waals surface area contributed by atoms with E-state index in [-0.39, 0.29) is 44.5 Å². The number of rotatable bonds is 7. The van der Waals surface area contributed by atoms with Gasteiger partial charge in [-0.25, -0.2) is 8.42 Å². The van der Waals surface area contributed by atoms with Crippen molar-refractivity contribution >= 4 is 68.0 Å². The van der Waals surface area contributed by atoms with Crippen LogP contribution < -0.4 is 5.32 Å². The number of aromatic amines is 1. The van der Waals surface area contributed by atoms with Crippen molar-refractivity contribution < 1.29 is 22.8 Å². The number of hydrogen-bond acceptors (Lipinski definition) is 5. The van der Waals surface area contributed by atoms with E-state index in [1.54, 1.807) is 30.3 Å². The lowest BCUT2D eigenvalue weighted by Crippen LogP contribution is -2.27. The Balaban J connectivity index is 1.36. The minimum absolute atomic E-state index is 0.0250. The number of nitrogens with zero attached hydrogens (tertiary/aromatic N) is 1. The van der Waals surface area contributed by atoms with Gasteiger partial charge in [-0.1, -0.05) is 29.3 Å². The number of aromatic nitrogens is 1. The summed E-state index contributed by atoms with van der Waals surface area (Å²) in [6.07, 6.45) is 6.17. The summed E-state index contributed by atoms with van der Waals surface area (Å²) in [5.41, 5.74) is 4.26. The molecule has 2 aromatic carbocycles. The van der Waals surface area contributed by atoms with Gasteiger partial charge in [-0.3, -0.25) is 14.4 Å². The van der Waals surface area contributed by atoms with Gasteiger partial charge in [0.1, 0.15) is 0 Å². The number of sulfone groups is 1. The summed E-state index contributed by atoms with van der Waals surface area (Å²) < 4.78 is 26.8. The van der Waals surface area contributed by atoms with Gasteiger partial charge in [0, 0.05) is 69.7 Å². The van der Waals surface area contributed by atoms with Crippen molar-refractivity contribution in [3.8, 4) is 0 Å². The Morgan fingerprint density at radius 2 is 1.71 bits per heavy atom. The highest BCUT2D eigenvalue weighted by Gasteiger charge is 2.31. The molecule has 0 spiro atoms. The van der Waals surface area contributed by atoms with E-state index in [4.69, 9.17) is 23.2 Å². The molecule has 1 aromatic heterocycles. The number of H-pyrrole nitrogens is 1. The highest BCUT2D eigenvalue weighted by molar-refractivity contribution is 7.90. The lowest BCUT2D eigenvalue weighted by molar-refractivity contribution is -0.130. The number of anilines is 1. The topological polar surface area (TPSA) is 116 Å². The molecular formula is C31H29Cl2N3O5S. The van der Waals surface area contributed by atoms with Crippen molar-refractivity contribution in [3.05, 3.63) is 80.1 Å². The van der Waals surface area contributed by atoms with Crippen LogP contribution in [0.2, 0.25) is 10.0 Å². The van der Waals surface area contributed by atoms with Crippen LogP contribution in [0.1, 0.15) is 70.5 Å². The summed E-state index contributed by atoms with van der Waals surface area (Å²) in [6, 6.07) is 9.30. The number of amides is 2. The number of hydrogen-bond donors (Lipinski definition) is 2. The molecule has 1 fully saturated rings. The summed E-state index contributed by atoms with van der Waals surface area (Å²) in [5, 5.41) is 3.32. The molecule has 3 aromatic rings. The molecule has 0 atom stereocenters. The third kappa shape index (κ3) is 5.41. The number of aryl methyl sites for hydroxylation is 1. The summed E-state index contributed by atoms with van der Waals surface area (Å²) in [6.45, 7) is 1.51. The summed E-state index contributed by atoms with van der Waals surface area (Å²) in [5.74, 6) is -0.692. The minimum atomic E-state index is -3.87. The third-order valence-corrected chi connectivity index (χ3v) is 10.5. The molecule has 2 amide bonds. The predicted octanol–water partition coefficient (Wildman–Crippen LogP) is 5.86. The van der Waals surface area contributed by atoms with Crippen LogP contribution in [0.25, 0.3) is 11.6 Å². The van der Waals surface area contributed by atoms with Crippen LogP contribution in [0.5, 0.6) is 0 Å². The summed E-state index contributed by atoms with van der Waals surface area (Å²) in [7, 11) is -3.87.